The van der Waals surface area contributed by atoms with Gasteiger partial charge in [0.2, 0.25) is 5.91 Å². The summed E-state index contributed by atoms with van der Waals surface area (Å²) in [4.78, 5) is 11.8. The zero-order valence-corrected chi connectivity index (χ0v) is 11.0. The van der Waals surface area contributed by atoms with Gasteiger partial charge in [0.25, 0.3) is 0 Å². The van der Waals surface area contributed by atoms with E-state index in [4.69, 9.17) is 4.74 Å². The first kappa shape index (κ1) is 12.5. The van der Waals surface area contributed by atoms with Gasteiger partial charge in [0.15, 0.2) is 0 Å². The van der Waals surface area contributed by atoms with Gasteiger partial charge in [0.1, 0.15) is 12.4 Å². The number of fused-ring (bicyclic) bond motifs is 1. The third kappa shape index (κ3) is 3.47. The van der Waals surface area contributed by atoms with Gasteiger partial charge in [0, 0.05) is 0 Å². The first-order chi connectivity index (χ1) is 9.31. The molecule has 1 fully saturated rings. The summed E-state index contributed by atoms with van der Waals surface area (Å²) in [6.45, 7) is 1.94. The minimum absolute atomic E-state index is 0.0635. The molecule has 2 N–H and O–H groups in total. The molecule has 1 aromatic rings. The minimum atomic E-state index is 0.0635. The SMILES string of the molecule is O=C(CNCC1CC1)NC1COc2ccccc2C1. The summed E-state index contributed by atoms with van der Waals surface area (Å²) in [5.74, 6) is 1.81. The van der Waals surface area contributed by atoms with E-state index in [0.717, 1.165) is 24.6 Å². The van der Waals surface area contributed by atoms with Crippen molar-refractivity contribution in [1.29, 1.82) is 0 Å². The summed E-state index contributed by atoms with van der Waals surface area (Å²) in [5, 5.41) is 6.23. The van der Waals surface area contributed by atoms with Crippen molar-refractivity contribution in [2.24, 2.45) is 5.92 Å². The van der Waals surface area contributed by atoms with Gasteiger partial charge in [-0.25, -0.2) is 0 Å². The van der Waals surface area contributed by atoms with Crippen molar-refractivity contribution in [2.75, 3.05) is 19.7 Å². The molecule has 0 saturated heterocycles. The largest absolute Gasteiger partial charge is 0.491 e. The van der Waals surface area contributed by atoms with Crippen LogP contribution >= 0.6 is 0 Å². The van der Waals surface area contributed by atoms with Crippen LogP contribution in [0.1, 0.15) is 18.4 Å². The predicted octanol–water partition coefficient (Wildman–Crippen LogP) is 1.11. The molecule has 102 valence electrons. The molecule has 1 saturated carbocycles. The van der Waals surface area contributed by atoms with Gasteiger partial charge < -0.3 is 15.4 Å². The number of hydrogen-bond acceptors (Lipinski definition) is 3. The zero-order chi connectivity index (χ0) is 13.1. The highest BCUT2D eigenvalue weighted by molar-refractivity contribution is 5.78. The number of carbonyl (C=O) groups is 1. The first-order valence-corrected chi connectivity index (χ1v) is 7.02. The molecule has 0 spiro atoms. The number of ether oxygens (including phenoxy) is 1. The maximum Gasteiger partial charge on any atom is 0.234 e. The molecular weight excluding hydrogens is 240 g/mol. The van der Waals surface area contributed by atoms with Crippen LogP contribution in [0.2, 0.25) is 0 Å². The Hall–Kier alpha value is -1.55. The Bertz CT molecular complexity index is 457. The van der Waals surface area contributed by atoms with Crippen LogP contribution in [-0.2, 0) is 11.2 Å². The second kappa shape index (κ2) is 5.61. The van der Waals surface area contributed by atoms with Gasteiger partial charge >= 0.3 is 0 Å². The van der Waals surface area contributed by atoms with Crippen LogP contribution < -0.4 is 15.4 Å². The normalized spacial score (nSPS) is 21.4. The van der Waals surface area contributed by atoms with E-state index in [2.05, 4.69) is 16.7 Å². The van der Waals surface area contributed by atoms with E-state index >= 15 is 0 Å². The van der Waals surface area contributed by atoms with Crippen molar-refractivity contribution in [3.8, 4) is 5.75 Å². The smallest absolute Gasteiger partial charge is 0.234 e. The number of benzene rings is 1. The monoisotopic (exact) mass is 260 g/mol. The molecule has 1 aliphatic heterocycles. The summed E-state index contributed by atoms with van der Waals surface area (Å²) in [6, 6.07) is 8.09. The van der Waals surface area contributed by atoms with E-state index in [-0.39, 0.29) is 11.9 Å². The molecule has 0 radical (unpaired) electrons. The second-order valence-electron chi connectivity index (χ2n) is 5.46. The molecule has 1 atom stereocenters. The van der Waals surface area contributed by atoms with Crippen LogP contribution in [-0.4, -0.2) is 31.6 Å². The van der Waals surface area contributed by atoms with Gasteiger partial charge in [-0.15, -0.1) is 0 Å². The lowest BCUT2D eigenvalue weighted by molar-refractivity contribution is -0.121. The second-order valence-corrected chi connectivity index (χ2v) is 5.46. The lowest BCUT2D eigenvalue weighted by Crippen LogP contribution is -2.46. The average Bonchev–Trinajstić information content (AvgIpc) is 3.23. The summed E-state index contributed by atoms with van der Waals surface area (Å²) < 4.78 is 5.65. The highest BCUT2D eigenvalue weighted by Gasteiger charge is 2.22. The number of rotatable bonds is 5. The zero-order valence-electron chi connectivity index (χ0n) is 11.0. The Morgan fingerprint density at radius 1 is 1.32 bits per heavy atom. The van der Waals surface area contributed by atoms with Gasteiger partial charge in [-0.1, -0.05) is 18.2 Å². The van der Waals surface area contributed by atoms with Crippen LogP contribution in [0.25, 0.3) is 0 Å². The van der Waals surface area contributed by atoms with Crippen LogP contribution in [0.4, 0.5) is 0 Å². The van der Waals surface area contributed by atoms with Crippen molar-refractivity contribution in [3.05, 3.63) is 29.8 Å². The van der Waals surface area contributed by atoms with Crippen molar-refractivity contribution in [2.45, 2.75) is 25.3 Å². The van der Waals surface area contributed by atoms with Gasteiger partial charge in [-0.3, -0.25) is 4.79 Å². The first-order valence-electron chi connectivity index (χ1n) is 7.02. The summed E-state index contributed by atoms with van der Waals surface area (Å²) >= 11 is 0. The number of amides is 1. The van der Waals surface area contributed by atoms with E-state index in [1.807, 2.05) is 18.2 Å². The fourth-order valence-electron chi connectivity index (χ4n) is 2.41. The fraction of sp³-hybridized carbons (Fsp3) is 0.533. The molecule has 0 aromatic heterocycles. The number of carbonyl (C=O) groups excluding carboxylic acids is 1. The standard InChI is InChI=1S/C15H20N2O2/c18-15(9-16-8-11-5-6-11)17-13-7-12-3-1-2-4-14(12)19-10-13/h1-4,11,13,16H,5-10H2,(H,17,18). The number of nitrogens with one attached hydrogen (secondary N) is 2. The van der Waals surface area contributed by atoms with Crippen molar-refractivity contribution >= 4 is 5.91 Å². The van der Waals surface area contributed by atoms with E-state index < -0.39 is 0 Å². The minimum Gasteiger partial charge on any atom is -0.491 e. The molecule has 0 bridgehead atoms. The lowest BCUT2D eigenvalue weighted by atomic mass is 10.0. The summed E-state index contributed by atoms with van der Waals surface area (Å²) in [5.41, 5.74) is 1.17. The highest BCUT2D eigenvalue weighted by atomic mass is 16.5. The topological polar surface area (TPSA) is 50.4 Å². The number of para-hydroxylation sites is 1. The molecule has 1 aromatic carbocycles. The van der Waals surface area contributed by atoms with Gasteiger partial charge in [-0.2, -0.15) is 0 Å². The maximum atomic E-state index is 11.8. The van der Waals surface area contributed by atoms with Crippen LogP contribution in [0.15, 0.2) is 24.3 Å². The molecule has 3 rings (SSSR count). The maximum absolute atomic E-state index is 11.8. The molecular formula is C15H20N2O2. The van der Waals surface area contributed by atoms with Crippen molar-refractivity contribution in [3.63, 3.8) is 0 Å². The third-order valence-electron chi connectivity index (χ3n) is 3.66. The van der Waals surface area contributed by atoms with Gasteiger partial charge in [0.05, 0.1) is 12.6 Å². The fourth-order valence-corrected chi connectivity index (χ4v) is 2.41. The quantitative estimate of drug-likeness (QED) is 0.833. The molecule has 4 nitrogen and oxygen atoms in total. The molecule has 1 amide bonds. The lowest BCUT2D eigenvalue weighted by Gasteiger charge is -2.26. The molecule has 2 aliphatic rings. The van der Waals surface area contributed by atoms with E-state index in [0.29, 0.717) is 13.2 Å². The van der Waals surface area contributed by atoms with Gasteiger partial charge in [-0.05, 0) is 43.4 Å². The van der Waals surface area contributed by atoms with Crippen LogP contribution in [0.3, 0.4) is 0 Å². The number of hydrogen-bond donors (Lipinski definition) is 2. The van der Waals surface area contributed by atoms with Crippen LogP contribution in [0.5, 0.6) is 5.75 Å². The van der Waals surface area contributed by atoms with E-state index in [1.54, 1.807) is 0 Å². The summed E-state index contributed by atoms with van der Waals surface area (Å²) in [6.07, 6.45) is 3.47. The third-order valence-corrected chi connectivity index (χ3v) is 3.66. The Labute approximate surface area is 113 Å². The Kier molecular flexibility index (Phi) is 3.69. The Morgan fingerprint density at radius 3 is 3.00 bits per heavy atom. The van der Waals surface area contributed by atoms with E-state index in [1.165, 1.54) is 18.4 Å². The Morgan fingerprint density at radius 2 is 2.16 bits per heavy atom. The highest BCUT2D eigenvalue weighted by Crippen LogP contribution is 2.27. The molecule has 1 heterocycles. The van der Waals surface area contributed by atoms with E-state index in [9.17, 15) is 4.79 Å². The van der Waals surface area contributed by atoms with Crippen LogP contribution in [0, 0.1) is 5.92 Å². The average molecular weight is 260 g/mol. The molecule has 1 unspecified atom stereocenters. The Balaban J connectivity index is 1.44. The molecule has 1 aliphatic carbocycles. The predicted molar refractivity (Wildman–Crippen MR) is 73.2 cm³/mol. The molecule has 4 heteroatoms. The molecule has 19 heavy (non-hydrogen) atoms. The van der Waals surface area contributed by atoms with Crippen molar-refractivity contribution in [1.82, 2.24) is 10.6 Å². The van der Waals surface area contributed by atoms with Crippen molar-refractivity contribution < 1.29 is 9.53 Å². The summed E-state index contributed by atoms with van der Waals surface area (Å²) in [7, 11) is 0.